The number of carbonyl (C=O) groups is 1. The summed E-state index contributed by atoms with van der Waals surface area (Å²) in [7, 11) is 0. The van der Waals surface area contributed by atoms with Crippen molar-refractivity contribution in [3.8, 4) is 5.75 Å². The fraction of sp³-hybridized carbons (Fsp3) is 0.278. The fourth-order valence-corrected chi connectivity index (χ4v) is 2.71. The van der Waals surface area contributed by atoms with Gasteiger partial charge in [0.05, 0.1) is 6.54 Å². The molecule has 0 bridgehead atoms. The molecule has 2 atom stereocenters. The molecule has 2 aromatic rings. The number of halogens is 1. The van der Waals surface area contributed by atoms with Gasteiger partial charge in [0.15, 0.2) is 0 Å². The van der Waals surface area contributed by atoms with Crippen molar-refractivity contribution in [3.05, 3.63) is 64.7 Å². The van der Waals surface area contributed by atoms with E-state index in [0.717, 1.165) is 22.8 Å². The Labute approximate surface area is 140 Å². The lowest BCUT2D eigenvalue weighted by Gasteiger charge is -2.08. The van der Waals surface area contributed by atoms with E-state index in [1.165, 1.54) is 5.56 Å². The molecular formula is C18H19ClN2O2. The van der Waals surface area contributed by atoms with Crippen molar-refractivity contribution in [2.45, 2.75) is 25.0 Å². The number of hydrogen-bond donors (Lipinski definition) is 2. The number of hydrogen-bond acceptors (Lipinski definition) is 3. The van der Waals surface area contributed by atoms with Crippen LogP contribution in [0.5, 0.6) is 5.75 Å². The van der Waals surface area contributed by atoms with E-state index in [0.29, 0.717) is 18.6 Å². The summed E-state index contributed by atoms with van der Waals surface area (Å²) in [6.45, 7) is 0.756. The van der Waals surface area contributed by atoms with Crippen LogP contribution in [0.25, 0.3) is 0 Å². The third-order valence-corrected chi connectivity index (χ3v) is 4.21. The number of ether oxygens (including phenoxy) is 1. The van der Waals surface area contributed by atoms with Gasteiger partial charge in [0.2, 0.25) is 5.91 Å². The largest absolute Gasteiger partial charge is 0.489 e. The number of nitrogens with two attached hydrogens (primary N) is 1. The minimum Gasteiger partial charge on any atom is -0.489 e. The highest BCUT2D eigenvalue weighted by Gasteiger charge is 2.37. The third-order valence-electron chi connectivity index (χ3n) is 3.96. The number of nitrogens with one attached hydrogen (secondary N) is 1. The highest BCUT2D eigenvalue weighted by atomic mass is 35.5. The Kier molecular flexibility index (Phi) is 4.84. The maximum absolute atomic E-state index is 10.8. The van der Waals surface area contributed by atoms with Crippen molar-refractivity contribution in [1.82, 2.24) is 5.32 Å². The highest BCUT2D eigenvalue weighted by molar-refractivity contribution is 6.30. The van der Waals surface area contributed by atoms with E-state index in [2.05, 4.69) is 17.4 Å². The first kappa shape index (κ1) is 15.8. The second kappa shape index (κ2) is 7.02. The molecule has 3 rings (SSSR count). The number of primary amides is 1. The molecular weight excluding hydrogens is 312 g/mol. The van der Waals surface area contributed by atoms with E-state index in [4.69, 9.17) is 22.1 Å². The second-order valence-electron chi connectivity index (χ2n) is 5.78. The fourth-order valence-electron chi connectivity index (χ4n) is 2.58. The third kappa shape index (κ3) is 4.47. The summed E-state index contributed by atoms with van der Waals surface area (Å²) in [6, 6.07) is 16.1. The van der Waals surface area contributed by atoms with Crippen molar-refractivity contribution in [1.29, 1.82) is 0 Å². The molecule has 0 aliphatic heterocycles. The van der Waals surface area contributed by atoms with Gasteiger partial charge in [-0.25, -0.2) is 0 Å². The van der Waals surface area contributed by atoms with Crippen LogP contribution in [0.15, 0.2) is 48.5 Å². The molecule has 0 heterocycles. The first-order valence-electron chi connectivity index (χ1n) is 7.61. The van der Waals surface area contributed by atoms with E-state index in [9.17, 15) is 4.79 Å². The molecule has 0 aromatic heterocycles. The summed E-state index contributed by atoms with van der Waals surface area (Å²) in [5.74, 6) is 0.979. The van der Waals surface area contributed by atoms with Crippen LogP contribution < -0.4 is 15.8 Å². The Bertz CT molecular complexity index is 670. The molecule has 1 aliphatic rings. The predicted molar refractivity (Wildman–Crippen MR) is 90.6 cm³/mol. The van der Waals surface area contributed by atoms with Crippen molar-refractivity contribution in [3.63, 3.8) is 0 Å². The summed E-state index contributed by atoms with van der Waals surface area (Å²) in [5.41, 5.74) is 7.47. The van der Waals surface area contributed by atoms with Crippen LogP contribution in [0, 0.1) is 0 Å². The molecule has 0 saturated heterocycles. The lowest BCUT2D eigenvalue weighted by Crippen LogP contribution is -2.30. The summed E-state index contributed by atoms with van der Waals surface area (Å²) >= 11 is 5.86. The lowest BCUT2D eigenvalue weighted by molar-refractivity contribution is -0.117. The van der Waals surface area contributed by atoms with Crippen LogP contribution in [-0.4, -0.2) is 18.5 Å². The molecule has 120 valence electrons. The lowest BCUT2D eigenvalue weighted by atomic mass is 10.1. The zero-order chi connectivity index (χ0) is 16.2. The van der Waals surface area contributed by atoms with Crippen LogP contribution in [-0.2, 0) is 11.4 Å². The van der Waals surface area contributed by atoms with Gasteiger partial charge < -0.3 is 15.8 Å². The zero-order valence-corrected chi connectivity index (χ0v) is 13.4. The molecule has 4 nitrogen and oxygen atoms in total. The van der Waals surface area contributed by atoms with E-state index >= 15 is 0 Å². The molecule has 1 fully saturated rings. The number of amides is 1. The summed E-state index contributed by atoms with van der Waals surface area (Å²) < 4.78 is 5.77. The molecule has 5 heteroatoms. The number of benzene rings is 2. The molecule has 1 aliphatic carbocycles. The van der Waals surface area contributed by atoms with Crippen LogP contribution in [0.3, 0.4) is 0 Å². The minimum absolute atomic E-state index is 0.240. The Morgan fingerprint density at radius 1 is 1.17 bits per heavy atom. The molecule has 2 aromatic carbocycles. The molecule has 0 radical (unpaired) electrons. The second-order valence-corrected chi connectivity index (χ2v) is 6.22. The van der Waals surface area contributed by atoms with E-state index in [1.807, 2.05) is 36.4 Å². The number of carbonyl (C=O) groups excluding carboxylic acids is 1. The van der Waals surface area contributed by atoms with Gasteiger partial charge in [-0.3, -0.25) is 4.79 Å². The molecule has 1 amide bonds. The van der Waals surface area contributed by atoms with Crippen LogP contribution in [0.2, 0.25) is 5.02 Å². The predicted octanol–water partition coefficient (Wildman–Crippen LogP) is 2.85. The van der Waals surface area contributed by atoms with Gasteiger partial charge >= 0.3 is 0 Å². The minimum atomic E-state index is -0.318. The van der Waals surface area contributed by atoms with E-state index in [1.54, 1.807) is 0 Å². The van der Waals surface area contributed by atoms with E-state index < -0.39 is 0 Å². The Balaban J connectivity index is 1.50. The maximum Gasteiger partial charge on any atom is 0.231 e. The van der Waals surface area contributed by atoms with Crippen molar-refractivity contribution >= 4 is 17.5 Å². The van der Waals surface area contributed by atoms with Gasteiger partial charge in [0.1, 0.15) is 12.4 Å². The van der Waals surface area contributed by atoms with Gasteiger partial charge in [-0.1, -0.05) is 35.9 Å². The molecule has 3 N–H and O–H groups in total. The van der Waals surface area contributed by atoms with Gasteiger partial charge in [-0.05, 0) is 41.8 Å². The molecule has 0 spiro atoms. The zero-order valence-electron chi connectivity index (χ0n) is 12.7. The molecule has 0 unspecified atom stereocenters. The van der Waals surface area contributed by atoms with E-state index in [-0.39, 0.29) is 12.5 Å². The van der Waals surface area contributed by atoms with Gasteiger partial charge in [0.25, 0.3) is 0 Å². The Morgan fingerprint density at radius 2 is 1.87 bits per heavy atom. The maximum atomic E-state index is 10.8. The van der Waals surface area contributed by atoms with Crippen LogP contribution in [0.1, 0.15) is 23.5 Å². The van der Waals surface area contributed by atoms with Crippen LogP contribution >= 0.6 is 11.6 Å². The quantitative estimate of drug-likeness (QED) is 0.820. The summed E-state index contributed by atoms with van der Waals surface area (Å²) in [5, 5.41) is 3.88. The Hall–Kier alpha value is -2.04. The SMILES string of the molecule is NC(=O)CN[C@@H]1C[C@H]1c1ccc(OCc2ccc(Cl)cc2)cc1. The Morgan fingerprint density at radius 3 is 2.52 bits per heavy atom. The van der Waals surface area contributed by atoms with Crippen LogP contribution in [0.4, 0.5) is 0 Å². The normalized spacial score (nSPS) is 19.3. The van der Waals surface area contributed by atoms with Crippen molar-refractivity contribution in [2.75, 3.05) is 6.54 Å². The average Bonchev–Trinajstić information content (AvgIpc) is 3.33. The van der Waals surface area contributed by atoms with Gasteiger partial charge in [0, 0.05) is 17.0 Å². The number of rotatable bonds is 7. The topological polar surface area (TPSA) is 64.4 Å². The summed E-state index contributed by atoms with van der Waals surface area (Å²) in [6.07, 6.45) is 1.04. The van der Waals surface area contributed by atoms with Crippen molar-refractivity contribution < 1.29 is 9.53 Å². The summed E-state index contributed by atoms with van der Waals surface area (Å²) in [4.78, 5) is 10.8. The molecule has 1 saturated carbocycles. The first-order chi connectivity index (χ1) is 11.1. The average molecular weight is 331 g/mol. The smallest absolute Gasteiger partial charge is 0.231 e. The standard InChI is InChI=1S/C18H19ClN2O2/c19-14-5-1-12(2-6-14)11-23-15-7-3-13(4-8-15)16-9-17(16)21-10-18(20)22/h1-8,16-17,21H,9-11H2,(H2,20,22)/t16-,17+/m0/s1. The monoisotopic (exact) mass is 330 g/mol. The van der Waals surface area contributed by atoms with Gasteiger partial charge in [-0.15, -0.1) is 0 Å². The highest BCUT2D eigenvalue weighted by Crippen LogP contribution is 2.41. The molecule has 23 heavy (non-hydrogen) atoms. The van der Waals surface area contributed by atoms with Gasteiger partial charge in [-0.2, -0.15) is 0 Å². The first-order valence-corrected chi connectivity index (χ1v) is 7.98. The van der Waals surface area contributed by atoms with Crippen molar-refractivity contribution in [2.24, 2.45) is 5.73 Å².